The predicted octanol–water partition coefficient (Wildman–Crippen LogP) is 3.03. The van der Waals surface area contributed by atoms with Crippen LogP contribution in [0.4, 0.5) is 0 Å². The van der Waals surface area contributed by atoms with Gasteiger partial charge in [-0.05, 0) is 58.3 Å². The van der Waals surface area contributed by atoms with Gasteiger partial charge in [0.15, 0.2) is 0 Å². The SMILES string of the molecule is Cc1cc(C)c2c(n1)sc1c(=O)n(CCN3CCCC3)c(C)nc12. The van der Waals surface area contributed by atoms with Crippen LogP contribution in [0.1, 0.15) is 29.9 Å². The molecule has 0 bridgehead atoms. The third-order valence-corrected chi connectivity index (χ3v) is 5.97. The van der Waals surface area contributed by atoms with Crippen LogP contribution in [0.15, 0.2) is 10.9 Å². The highest BCUT2D eigenvalue weighted by Crippen LogP contribution is 2.32. The summed E-state index contributed by atoms with van der Waals surface area (Å²) in [5.41, 5.74) is 3.03. The lowest BCUT2D eigenvalue weighted by atomic mass is 10.1. The first kappa shape index (κ1) is 15.7. The number of nitrogens with zero attached hydrogens (tertiary/aromatic N) is 4. The summed E-state index contributed by atoms with van der Waals surface area (Å²) in [7, 11) is 0. The van der Waals surface area contributed by atoms with Crippen LogP contribution in [0.5, 0.6) is 0 Å². The summed E-state index contributed by atoms with van der Waals surface area (Å²) in [4.78, 5) is 25.7. The lowest BCUT2D eigenvalue weighted by molar-refractivity contribution is 0.319. The smallest absolute Gasteiger partial charge is 0.271 e. The summed E-state index contributed by atoms with van der Waals surface area (Å²) in [6.45, 7) is 9.93. The molecule has 24 heavy (non-hydrogen) atoms. The fourth-order valence-corrected chi connectivity index (χ4v) is 4.86. The third-order valence-electron chi connectivity index (χ3n) is 4.90. The van der Waals surface area contributed by atoms with Gasteiger partial charge in [-0.2, -0.15) is 0 Å². The monoisotopic (exact) mass is 342 g/mol. The second-order valence-corrected chi connectivity index (χ2v) is 7.70. The van der Waals surface area contributed by atoms with E-state index in [-0.39, 0.29) is 5.56 Å². The number of aryl methyl sites for hydroxylation is 3. The largest absolute Gasteiger partial charge is 0.302 e. The number of aromatic nitrogens is 3. The maximum absolute atomic E-state index is 13.0. The second kappa shape index (κ2) is 5.93. The standard InChI is InChI=1S/C18H22N4OS/c1-11-10-12(2)19-17-14(11)15-16(24-17)18(23)22(13(3)20-15)9-8-21-6-4-5-7-21/h10H,4-9H2,1-3H3. The number of thiophene rings is 1. The molecule has 5 nitrogen and oxygen atoms in total. The highest BCUT2D eigenvalue weighted by Gasteiger charge is 2.18. The molecule has 0 atom stereocenters. The molecule has 0 aromatic carbocycles. The number of fused-ring (bicyclic) bond motifs is 3. The van der Waals surface area contributed by atoms with Gasteiger partial charge in [0.1, 0.15) is 15.4 Å². The van der Waals surface area contributed by atoms with E-state index in [1.54, 1.807) is 0 Å². The lowest BCUT2D eigenvalue weighted by Gasteiger charge is -2.16. The third kappa shape index (κ3) is 2.54. The molecule has 3 aromatic heterocycles. The van der Waals surface area contributed by atoms with Gasteiger partial charge in [0.2, 0.25) is 0 Å². The molecule has 4 rings (SSSR count). The summed E-state index contributed by atoms with van der Waals surface area (Å²) < 4.78 is 2.57. The summed E-state index contributed by atoms with van der Waals surface area (Å²) in [6, 6.07) is 2.06. The van der Waals surface area contributed by atoms with Gasteiger partial charge in [-0.1, -0.05) is 0 Å². The summed E-state index contributed by atoms with van der Waals surface area (Å²) >= 11 is 1.48. The highest BCUT2D eigenvalue weighted by atomic mass is 32.1. The Balaban J connectivity index is 1.83. The van der Waals surface area contributed by atoms with Crippen molar-refractivity contribution >= 4 is 31.8 Å². The molecule has 4 heterocycles. The molecule has 6 heteroatoms. The molecule has 1 fully saturated rings. The zero-order chi connectivity index (χ0) is 16.8. The topological polar surface area (TPSA) is 51.0 Å². The molecule has 0 radical (unpaired) electrons. The second-order valence-electron chi connectivity index (χ2n) is 6.71. The highest BCUT2D eigenvalue weighted by molar-refractivity contribution is 7.25. The number of rotatable bonds is 3. The Morgan fingerprint density at radius 2 is 1.88 bits per heavy atom. The van der Waals surface area contributed by atoms with Crippen LogP contribution >= 0.6 is 11.3 Å². The van der Waals surface area contributed by atoms with Crippen LogP contribution in [0, 0.1) is 20.8 Å². The molecule has 1 aliphatic rings. The van der Waals surface area contributed by atoms with Crippen molar-refractivity contribution in [3.8, 4) is 0 Å². The lowest BCUT2D eigenvalue weighted by Crippen LogP contribution is -2.30. The summed E-state index contributed by atoms with van der Waals surface area (Å²) in [5, 5.41) is 1.03. The Labute approximate surface area is 145 Å². The molecular weight excluding hydrogens is 320 g/mol. The molecule has 0 amide bonds. The maximum atomic E-state index is 13.0. The molecule has 0 unspecified atom stereocenters. The Kier molecular flexibility index (Phi) is 3.89. The summed E-state index contributed by atoms with van der Waals surface area (Å²) in [6.07, 6.45) is 2.54. The van der Waals surface area contributed by atoms with Crippen molar-refractivity contribution < 1.29 is 0 Å². The van der Waals surface area contributed by atoms with Crippen molar-refractivity contribution in [2.24, 2.45) is 0 Å². The zero-order valence-corrected chi connectivity index (χ0v) is 15.2. The van der Waals surface area contributed by atoms with E-state index in [1.807, 2.05) is 18.4 Å². The van der Waals surface area contributed by atoms with Crippen molar-refractivity contribution in [1.29, 1.82) is 0 Å². The van der Waals surface area contributed by atoms with Crippen LogP contribution in [-0.4, -0.2) is 39.1 Å². The minimum absolute atomic E-state index is 0.0803. The van der Waals surface area contributed by atoms with Crippen molar-refractivity contribution in [3.05, 3.63) is 33.5 Å². The number of pyridine rings is 1. The van der Waals surface area contributed by atoms with Crippen molar-refractivity contribution in [2.45, 2.75) is 40.2 Å². The average molecular weight is 342 g/mol. The minimum atomic E-state index is 0.0803. The van der Waals surface area contributed by atoms with Crippen LogP contribution in [0.25, 0.3) is 20.4 Å². The van der Waals surface area contributed by atoms with E-state index in [4.69, 9.17) is 4.98 Å². The molecule has 0 N–H and O–H groups in total. The normalized spacial score (nSPS) is 15.8. The predicted molar refractivity (Wildman–Crippen MR) is 99.1 cm³/mol. The minimum Gasteiger partial charge on any atom is -0.302 e. The first-order valence-corrected chi connectivity index (χ1v) is 9.36. The fraction of sp³-hybridized carbons (Fsp3) is 0.500. The van der Waals surface area contributed by atoms with Crippen LogP contribution < -0.4 is 5.56 Å². The van der Waals surface area contributed by atoms with Gasteiger partial charge in [-0.25, -0.2) is 9.97 Å². The van der Waals surface area contributed by atoms with Crippen molar-refractivity contribution in [1.82, 2.24) is 19.4 Å². The molecular formula is C18H22N4OS. The molecule has 3 aromatic rings. The van der Waals surface area contributed by atoms with Gasteiger partial charge in [0.25, 0.3) is 5.56 Å². The van der Waals surface area contributed by atoms with Gasteiger partial charge in [0.05, 0.1) is 5.52 Å². The zero-order valence-electron chi connectivity index (χ0n) is 14.4. The molecule has 1 aliphatic heterocycles. The van der Waals surface area contributed by atoms with E-state index in [0.29, 0.717) is 6.54 Å². The Morgan fingerprint density at radius 3 is 2.62 bits per heavy atom. The first-order chi connectivity index (χ1) is 11.5. The molecule has 0 spiro atoms. The molecule has 1 saturated heterocycles. The van der Waals surface area contributed by atoms with Crippen LogP contribution in [0.3, 0.4) is 0 Å². The Hall–Kier alpha value is -1.79. The van der Waals surface area contributed by atoms with E-state index < -0.39 is 0 Å². The number of likely N-dealkylation sites (tertiary alicyclic amines) is 1. The van der Waals surface area contributed by atoms with E-state index in [1.165, 1.54) is 24.2 Å². The van der Waals surface area contributed by atoms with Gasteiger partial charge in [0, 0.05) is 24.2 Å². The van der Waals surface area contributed by atoms with E-state index in [9.17, 15) is 4.79 Å². The van der Waals surface area contributed by atoms with E-state index in [2.05, 4.69) is 22.9 Å². The van der Waals surface area contributed by atoms with Gasteiger partial charge in [-0.3, -0.25) is 9.36 Å². The summed E-state index contributed by atoms with van der Waals surface area (Å²) in [5.74, 6) is 0.798. The van der Waals surface area contributed by atoms with Crippen molar-refractivity contribution in [3.63, 3.8) is 0 Å². The first-order valence-electron chi connectivity index (χ1n) is 8.55. The van der Waals surface area contributed by atoms with E-state index in [0.717, 1.165) is 57.1 Å². The van der Waals surface area contributed by atoms with Gasteiger partial charge in [-0.15, -0.1) is 11.3 Å². The Bertz CT molecular complexity index is 982. The van der Waals surface area contributed by atoms with Crippen molar-refractivity contribution in [2.75, 3.05) is 19.6 Å². The fourth-order valence-electron chi connectivity index (χ4n) is 3.68. The molecule has 0 saturated carbocycles. The molecule has 0 aliphatic carbocycles. The van der Waals surface area contributed by atoms with Crippen LogP contribution in [0.2, 0.25) is 0 Å². The Morgan fingerprint density at radius 1 is 1.12 bits per heavy atom. The van der Waals surface area contributed by atoms with Gasteiger partial charge >= 0.3 is 0 Å². The van der Waals surface area contributed by atoms with Crippen LogP contribution in [-0.2, 0) is 6.54 Å². The average Bonchev–Trinajstić information content (AvgIpc) is 3.14. The molecule has 126 valence electrons. The number of hydrogen-bond donors (Lipinski definition) is 0. The van der Waals surface area contributed by atoms with Gasteiger partial charge < -0.3 is 4.90 Å². The van der Waals surface area contributed by atoms with E-state index >= 15 is 0 Å². The quantitative estimate of drug-likeness (QED) is 0.734. The number of hydrogen-bond acceptors (Lipinski definition) is 5. The maximum Gasteiger partial charge on any atom is 0.271 e.